The Morgan fingerprint density at radius 2 is 2.03 bits per heavy atom. The van der Waals surface area contributed by atoms with E-state index in [0.29, 0.717) is 28.3 Å². The fourth-order valence-electron chi connectivity index (χ4n) is 3.42. The van der Waals surface area contributed by atoms with Crippen molar-refractivity contribution in [3.63, 3.8) is 0 Å². The first kappa shape index (κ1) is 19.7. The van der Waals surface area contributed by atoms with E-state index in [1.165, 1.54) is 17.8 Å². The van der Waals surface area contributed by atoms with E-state index in [1.807, 2.05) is 24.3 Å². The Morgan fingerprint density at radius 1 is 1.21 bits per heavy atom. The third-order valence-electron chi connectivity index (χ3n) is 5.08. The molecule has 0 unspecified atom stereocenters. The first-order chi connectivity index (χ1) is 14.2. The van der Waals surface area contributed by atoms with Gasteiger partial charge >= 0.3 is 0 Å². The number of unbranched alkanes of at least 4 members (excludes halogenated alkanes) is 2. The van der Waals surface area contributed by atoms with Gasteiger partial charge in [0.05, 0.1) is 10.9 Å². The van der Waals surface area contributed by atoms with Crippen molar-refractivity contribution < 1.29 is 4.79 Å². The van der Waals surface area contributed by atoms with Crippen LogP contribution in [0.15, 0.2) is 29.1 Å². The summed E-state index contributed by atoms with van der Waals surface area (Å²) < 4.78 is 1.78. The molecule has 152 valence electrons. The molecule has 1 aliphatic rings. The zero-order valence-corrected chi connectivity index (χ0v) is 17.4. The van der Waals surface area contributed by atoms with Crippen molar-refractivity contribution in [2.45, 2.75) is 64.3 Å². The van der Waals surface area contributed by atoms with Gasteiger partial charge in [0.15, 0.2) is 0 Å². The van der Waals surface area contributed by atoms with Crippen LogP contribution in [0.4, 0.5) is 5.13 Å². The van der Waals surface area contributed by atoms with E-state index in [-0.39, 0.29) is 23.9 Å². The Labute approximate surface area is 173 Å². The second-order valence-electron chi connectivity index (χ2n) is 7.46. The number of fused-ring (bicyclic) bond motifs is 1. The maximum atomic E-state index is 12.9. The minimum atomic E-state index is -0.133. The normalized spacial score (nSPS) is 13.7. The van der Waals surface area contributed by atoms with Crippen LogP contribution in [0.5, 0.6) is 0 Å². The van der Waals surface area contributed by atoms with E-state index in [9.17, 15) is 9.59 Å². The Hall–Kier alpha value is -2.61. The van der Waals surface area contributed by atoms with Crippen LogP contribution in [-0.2, 0) is 17.6 Å². The largest absolute Gasteiger partial charge is 0.301 e. The van der Waals surface area contributed by atoms with Crippen molar-refractivity contribution in [3.05, 3.63) is 45.5 Å². The van der Waals surface area contributed by atoms with Gasteiger partial charge in [-0.1, -0.05) is 43.2 Å². The van der Waals surface area contributed by atoms with E-state index < -0.39 is 0 Å². The molecule has 7 nitrogen and oxygen atoms in total. The topological polar surface area (TPSA) is 89.8 Å². The van der Waals surface area contributed by atoms with Gasteiger partial charge in [-0.3, -0.25) is 14.2 Å². The molecule has 1 saturated carbocycles. The molecule has 3 aromatic rings. The molecule has 0 saturated heterocycles. The number of carbonyl (C=O) groups is 1. The molecular weight excluding hydrogens is 386 g/mol. The highest BCUT2D eigenvalue weighted by atomic mass is 32.1. The molecule has 4 rings (SSSR count). The highest BCUT2D eigenvalue weighted by Gasteiger charge is 2.28. The number of aromatic nitrogens is 4. The Bertz CT molecular complexity index is 1070. The van der Waals surface area contributed by atoms with E-state index in [4.69, 9.17) is 0 Å². The molecule has 1 aromatic carbocycles. The highest BCUT2D eigenvalue weighted by Crippen LogP contribution is 2.35. The van der Waals surface area contributed by atoms with Gasteiger partial charge in [0, 0.05) is 25.3 Å². The molecule has 0 atom stereocenters. The van der Waals surface area contributed by atoms with Gasteiger partial charge in [-0.2, -0.15) is 0 Å². The fourth-order valence-corrected chi connectivity index (χ4v) is 4.21. The van der Waals surface area contributed by atoms with Gasteiger partial charge in [0.1, 0.15) is 10.8 Å². The third kappa shape index (κ3) is 4.70. The predicted molar refractivity (Wildman–Crippen MR) is 114 cm³/mol. The smallest absolute Gasteiger partial charge is 0.261 e. The lowest BCUT2D eigenvalue weighted by Crippen LogP contribution is -2.25. The molecule has 1 aliphatic carbocycles. The Balaban J connectivity index is 1.42. The molecule has 1 fully saturated rings. The predicted octanol–water partition coefficient (Wildman–Crippen LogP) is 3.89. The number of hydrogen-bond acceptors (Lipinski definition) is 6. The summed E-state index contributed by atoms with van der Waals surface area (Å²) in [6.45, 7) is 2.17. The Morgan fingerprint density at radius 3 is 2.83 bits per heavy atom. The second kappa shape index (κ2) is 8.82. The van der Waals surface area contributed by atoms with Crippen LogP contribution in [0, 0.1) is 0 Å². The number of rotatable bonds is 9. The van der Waals surface area contributed by atoms with Crippen molar-refractivity contribution in [2.75, 3.05) is 5.32 Å². The molecular formula is C21H25N5O2S. The first-order valence-corrected chi connectivity index (χ1v) is 11.1. The van der Waals surface area contributed by atoms with Crippen molar-refractivity contribution in [1.82, 2.24) is 19.7 Å². The van der Waals surface area contributed by atoms with Gasteiger partial charge in [-0.25, -0.2) is 4.98 Å². The summed E-state index contributed by atoms with van der Waals surface area (Å²) in [6, 6.07) is 7.60. The molecule has 1 N–H and O–H groups in total. The molecule has 0 spiro atoms. The maximum absolute atomic E-state index is 12.9. The van der Waals surface area contributed by atoms with Gasteiger partial charge < -0.3 is 5.32 Å². The zero-order chi connectivity index (χ0) is 20.2. The summed E-state index contributed by atoms with van der Waals surface area (Å²) >= 11 is 1.43. The lowest BCUT2D eigenvalue weighted by molar-refractivity contribution is -0.116. The summed E-state index contributed by atoms with van der Waals surface area (Å²) in [7, 11) is 0. The van der Waals surface area contributed by atoms with Gasteiger partial charge in [-0.15, -0.1) is 10.2 Å². The minimum Gasteiger partial charge on any atom is -0.301 e. The number of nitrogens with zero attached hydrogens (tertiary/aromatic N) is 4. The van der Waals surface area contributed by atoms with Crippen molar-refractivity contribution >= 4 is 33.3 Å². The quantitative estimate of drug-likeness (QED) is 0.540. The lowest BCUT2D eigenvalue weighted by Gasteiger charge is -2.12. The van der Waals surface area contributed by atoms with Crippen LogP contribution < -0.4 is 10.9 Å². The molecule has 0 aliphatic heterocycles. The van der Waals surface area contributed by atoms with Crippen LogP contribution >= 0.6 is 11.3 Å². The monoisotopic (exact) mass is 411 g/mol. The number of aryl methyl sites for hydroxylation is 2. The molecule has 0 radical (unpaired) electrons. The SMILES string of the molecule is CCCCCc1nnc(NC(=O)CCc2nc3ccccc3c(=O)n2C2CC2)s1. The zero-order valence-electron chi connectivity index (χ0n) is 16.6. The summed E-state index contributed by atoms with van der Waals surface area (Å²) in [4.78, 5) is 30.0. The van der Waals surface area contributed by atoms with E-state index in [1.54, 1.807) is 4.57 Å². The molecule has 0 bridgehead atoms. The number of nitrogens with one attached hydrogen (secondary N) is 1. The average molecular weight is 412 g/mol. The number of carbonyl (C=O) groups excluding carboxylic acids is 1. The summed E-state index contributed by atoms with van der Waals surface area (Å²) in [5.41, 5.74) is 0.681. The average Bonchev–Trinajstić information content (AvgIpc) is 3.46. The van der Waals surface area contributed by atoms with Gasteiger partial charge in [0.25, 0.3) is 5.56 Å². The molecule has 1 amide bonds. The van der Waals surface area contributed by atoms with Crippen molar-refractivity contribution in [3.8, 4) is 0 Å². The molecule has 8 heteroatoms. The van der Waals surface area contributed by atoms with Crippen molar-refractivity contribution in [2.24, 2.45) is 0 Å². The van der Waals surface area contributed by atoms with Crippen LogP contribution in [0.25, 0.3) is 10.9 Å². The first-order valence-electron chi connectivity index (χ1n) is 10.3. The number of hydrogen-bond donors (Lipinski definition) is 1. The van der Waals surface area contributed by atoms with Crippen LogP contribution in [0.2, 0.25) is 0 Å². The molecule has 2 aromatic heterocycles. The maximum Gasteiger partial charge on any atom is 0.261 e. The summed E-state index contributed by atoms with van der Waals surface area (Å²) in [5, 5.41) is 13.2. The van der Waals surface area contributed by atoms with E-state index in [2.05, 4.69) is 27.4 Å². The number of amides is 1. The van der Waals surface area contributed by atoms with E-state index in [0.717, 1.165) is 37.1 Å². The third-order valence-corrected chi connectivity index (χ3v) is 5.97. The molecule has 2 heterocycles. The van der Waals surface area contributed by atoms with Crippen molar-refractivity contribution in [1.29, 1.82) is 0 Å². The Kier molecular flexibility index (Phi) is 5.99. The standard InChI is InChI=1S/C21H25N5O2S/c1-2-3-4-9-19-24-25-21(29-19)23-18(27)13-12-17-22-16-8-6-5-7-15(16)20(28)26(17)14-10-11-14/h5-8,14H,2-4,9-13H2,1H3,(H,23,25,27). The lowest BCUT2D eigenvalue weighted by atomic mass is 10.2. The fraction of sp³-hybridized carbons (Fsp3) is 0.476. The van der Waals surface area contributed by atoms with Crippen LogP contribution in [-0.4, -0.2) is 25.7 Å². The second-order valence-corrected chi connectivity index (χ2v) is 8.52. The van der Waals surface area contributed by atoms with Gasteiger partial charge in [-0.05, 0) is 31.4 Å². The number of anilines is 1. The number of benzene rings is 1. The highest BCUT2D eigenvalue weighted by molar-refractivity contribution is 7.15. The number of para-hydroxylation sites is 1. The minimum absolute atomic E-state index is 0.00523. The van der Waals surface area contributed by atoms with Gasteiger partial charge in [0.2, 0.25) is 11.0 Å². The molecule has 29 heavy (non-hydrogen) atoms. The summed E-state index contributed by atoms with van der Waals surface area (Å²) in [6.07, 6.45) is 6.98. The summed E-state index contributed by atoms with van der Waals surface area (Å²) in [5.74, 6) is 0.551. The van der Waals surface area contributed by atoms with E-state index >= 15 is 0 Å². The van der Waals surface area contributed by atoms with Crippen LogP contribution in [0.1, 0.15) is 62.3 Å². The van der Waals surface area contributed by atoms with Crippen LogP contribution in [0.3, 0.4) is 0 Å².